The zero-order chi connectivity index (χ0) is 18.8. The summed E-state index contributed by atoms with van der Waals surface area (Å²) in [6, 6.07) is 3.95. The summed E-state index contributed by atoms with van der Waals surface area (Å²) < 4.78 is 10.5. The summed E-state index contributed by atoms with van der Waals surface area (Å²) in [5, 5.41) is 4.69. The lowest BCUT2D eigenvalue weighted by molar-refractivity contribution is 0.0781. The van der Waals surface area contributed by atoms with E-state index in [0.29, 0.717) is 35.5 Å². The second-order valence-electron chi connectivity index (χ2n) is 6.40. The molecule has 0 N–H and O–H groups in total. The number of thiophene rings is 1. The Labute approximate surface area is 156 Å². The van der Waals surface area contributed by atoms with Crippen molar-refractivity contribution < 1.29 is 14.1 Å². The smallest absolute Gasteiger partial charge is 0.259 e. The average Bonchev–Trinajstić information content (AvgIpc) is 3.15. The highest BCUT2D eigenvalue weighted by Gasteiger charge is 2.22. The Morgan fingerprint density at radius 2 is 2.08 bits per heavy atom. The summed E-state index contributed by atoms with van der Waals surface area (Å²) >= 11 is 1.71. The third-order valence-corrected chi connectivity index (χ3v) is 5.32. The number of amides is 1. The van der Waals surface area contributed by atoms with E-state index in [1.165, 1.54) is 4.88 Å². The van der Waals surface area contributed by atoms with Crippen LogP contribution in [0.1, 0.15) is 32.2 Å². The molecule has 3 aromatic heterocycles. The van der Waals surface area contributed by atoms with Gasteiger partial charge >= 0.3 is 0 Å². The van der Waals surface area contributed by atoms with Gasteiger partial charge in [-0.15, -0.1) is 11.3 Å². The molecule has 26 heavy (non-hydrogen) atoms. The number of ether oxygens (including phenoxy) is 1. The summed E-state index contributed by atoms with van der Waals surface area (Å²) in [4.78, 5) is 21.7. The summed E-state index contributed by atoms with van der Waals surface area (Å²) in [5.74, 6) is -0.0642. The van der Waals surface area contributed by atoms with Crippen LogP contribution in [0.4, 0.5) is 0 Å². The number of aryl methyl sites for hydroxylation is 3. The van der Waals surface area contributed by atoms with E-state index < -0.39 is 0 Å². The molecule has 0 radical (unpaired) electrons. The molecule has 7 heteroatoms. The Balaban J connectivity index is 2.06. The first-order valence-electron chi connectivity index (χ1n) is 8.51. The van der Waals surface area contributed by atoms with E-state index >= 15 is 0 Å². The van der Waals surface area contributed by atoms with Gasteiger partial charge in [-0.2, -0.15) is 0 Å². The average molecular weight is 373 g/mol. The number of fused-ring (bicyclic) bond motifs is 1. The van der Waals surface area contributed by atoms with Gasteiger partial charge in [0.2, 0.25) is 0 Å². The number of aromatic nitrogens is 2. The van der Waals surface area contributed by atoms with Crippen LogP contribution < -0.4 is 0 Å². The van der Waals surface area contributed by atoms with Gasteiger partial charge in [-0.25, -0.2) is 4.98 Å². The minimum absolute atomic E-state index is 0.0642. The van der Waals surface area contributed by atoms with E-state index in [0.717, 1.165) is 22.6 Å². The standard InChI is InChI=1S/C19H23N3O3S/c1-11-9-14(13(3)26-11)16-10-15(17-12(2)21-25-18(17)20-16)19(23)22(4)7-6-8-24-5/h9-10H,6-8H2,1-5H3. The fraction of sp³-hybridized carbons (Fsp3) is 0.421. The van der Waals surface area contributed by atoms with Crippen LogP contribution in [0, 0.1) is 20.8 Å². The maximum atomic E-state index is 13.1. The minimum Gasteiger partial charge on any atom is -0.385 e. The first-order chi connectivity index (χ1) is 12.4. The molecule has 3 heterocycles. The van der Waals surface area contributed by atoms with Crippen LogP contribution in [0.25, 0.3) is 22.4 Å². The van der Waals surface area contributed by atoms with Crippen LogP contribution in [0.5, 0.6) is 0 Å². The lowest BCUT2D eigenvalue weighted by Crippen LogP contribution is -2.28. The van der Waals surface area contributed by atoms with Crippen molar-refractivity contribution in [3.8, 4) is 11.3 Å². The molecule has 0 unspecified atom stereocenters. The van der Waals surface area contributed by atoms with Gasteiger partial charge in [0, 0.05) is 42.6 Å². The van der Waals surface area contributed by atoms with Gasteiger partial charge in [0.25, 0.3) is 11.6 Å². The first-order valence-corrected chi connectivity index (χ1v) is 9.33. The van der Waals surface area contributed by atoms with Crippen LogP contribution in [-0.4, -0.2) is 48.3 Å². The molecule has 0 aliphatic heterocycles. The molecule has 0 fully saturated rings. The van der Waals surface area contributed by atoms with E-state index in [9.17, 15) is 4.79 Å². The SMILES string of the molecule is COCCCN(C)C(=O)c1cc(-c2cc(C)sc2C)nc2onc(C)c12. The van der Waals surface area contributed by atoms with Crippen molar-refractivity contribution in [2.24, 2.45) is 0 Å². The molecule has 0 atom stereocenters. The third kappa shape index (κ3) is 3.50. The molecule has 0 aromatic carbocycles. The number of carbonyl (C=O) groups excluding carboxylic acids is 1. The summed E-state index contributed by atoms with van der Waals surface area (Å²) in [6.45, 7) is 7.19. The Kier molecular flexibility index (Phi) is 5.38. The first kappa shape index (κ1) is 18.5. The maximum absolute atomic E-state index is 13.1. The van der Waals surface area contributed by atoms with Gasteiger partial charge in [-0.3, -0.25) is 4.79 Å². The van der Waals surface area contributed by atoms with Crippen molar-refractivity contribution in [3.63, 3.8) is 0 Å². The van der Waals surface area contributed by atoms with Gasteiger partial charge in [0.05, 0.1) is 22.3 Å². The number of carbonyl (C=O) groups is 1. The number of rotatable bonds is 6. The van der Waals surface area contributed by atoms with Gasteiger partial charge < -0.3 is 14.2 Å². The van der Waals surface area contributed by atoms with E-state index in [2.05, 4.69) is 30.1 Å². The predicted octanol–water partition coefficient (Wildman–Crippen LogP) is 3.99. The van der Waals surface area contributed by atoms with Gasteiger partial charge in [-0.1, -0.05) is 5.16 Å². The molecule has 0 aliphatic carbocycles. The lowest BCUT2D eigenvalue weighted by Gasteiger charge is -2.18. The zero-order valence-corrected chi connectivity index (χ0v) is 16.6. The van der Waals surface area contributed by atoms with Crippen LogP contribution >= 0.6 is 11.3 Å². The topological polar surface area (TPSA) is 68.5 Å². The quantitative estimate of drug-likeness (QED) is 0.611. The van der Waals surface area contributed by atoms with E-state index in [-0.39, 0.29) is 5.91 Å². The molecule has 3 rings (SSSR count). The highest BCUT2D eigenvalue weighted by Crippen LogP contribution is 2.33. The van der Waals surface area contributed by atoms with Crippen molar-refractivity contribution in [1.29, 1.82) is 0 Å². The Bertz CT molecular complexity index is 945. The monoisotopic (exact) mass is 373 g/mol. The molecule has 0 aliphatic rings. The molecule has 0 bridgehead atoms. The molecule has 3 aromatic rings. The second kappa shape index (κ2) is 7.55. The highest BCUT2D eigenvalue weighted by atomic mass is 32.1. The number of hydrogen-bond acceptors (Lipinski definition) is 6. The zero-order valence-electron chi connectivity index (χ0n) is 15.8. The Morgan fingerprint density at radius 1 is 1.31 bits per heavy atom. The number of methoxy groups -OCH3 is 1. The van der Waals surface area contributed by atoms with E-state index in [1.54, 1.807) is 30.4 Å². The molecule has 138 valence electrons. The molecule has 0 spiro atoms. The summed E-state index contributed by atoms with van der Waals surface area (Å²) in [6.07, 6.45) is 0.783. The number of pyridine rings is 1. The maximum Gasteiger partial charge on any atom is 0.259 e. The van der Waals surface area contributed by atoms with Crippen LogP contribution in [0.3, 0.4) is 0 Å². The Morgan fingerprint density at radius 3 is 2.73 bits per heavy atom. The molecular weight excluding hydrogens is 350 g/mol. The van der Waals surface area contributed by atoms with Crippen LogP contribution in [0.2, 0.25) is 0 Å². The Hall–Kier alpha value is -2.25. The number of nitrogens with zero attached hydrogens (tertiary/aromatic N) is 3. The molecular formula is C19H23N3O3S. The second-order valence-corrected chi connectivity index (χ2v) is 7.86. The van der Waals surface area contributed by atoms with Crippen LogP contribution in [0.15, 0.2) is 16.7 Å². The fourth-order valence-electron chi connectivity index (χ4n) is 3.04. The molecule has 6 nitrogen and oxygen atoms in total. The van der Waals surface area contributed by atoms with Gasteiger partial charge in [-0.05, 0) is 39.3 Å². The van der Waals surface area contributed by atoms with Gasteiger partial charge in [0.1, 0.15) is 0 Å². The van der Waals surface area contributed by atoms with Gasteiger partial charge in [0.15, 0.2) is 0 Å². The van der Waals surface area contributed by atoms with Crippen molar-refractivity contribution in [3.05, 3.63) is 33.1 Å². The molecule has 1 amide bonds. The van der Waals surface area contributed by atoms with Crippen molar-refractivity contribution in [2.75, 3.05) is 27.3 Å². The number of hydrogen-bond donors (Lipinski definition) is 0. The largest absolute Gasteiger partial charge is 0.385 e. The van der Waals surface area contributed by atoms with E-state index in [4.69, 9.17) is 9.26 Å². The van der Waals surface area contributed by atoms with E-state index in [1.807, 2.05) is 13.0 Å². The highest BCUT2D eigenvalue weighted by molar-refractivity contribution is 7.12. The lowest BCUT2D eigenvalue weighted by atomic mass is 10.0. The van der Waals surface area contributed by atoms with Crippen molar-refractivity contribution in [2.45, 2.75) is 27.2 Å². The fourth-order valence-corrected chi connectivity index (χ4v) is 3.97. The molecule has 0 saturated carbocycles. The summed E-state index contributed by atoms with van der Waals surface area (Å²) in [5.41, 5.74) is 3.42. The minimum atomic E-state index is -0.0642. The van der Waals surface area contributed by atoms with Crippen molar-refractivity contribution >= 4 is 28.3 Å². The predicted molar refractivity (Wildman–Crippen MR) is 103 cm³/mol. The molecule has 0 saturated heterocycles. The van der Waals surface area contributed by atoms with Crippen LogP contribution in [-0.2, 0) is 4.74 Å². The summed E-state index contributed by atoms with van der Waals surface area (Å²) in [7, 11) is 3.46. The normalized spacial score (nSPS) is 11.3. The third-order valence-electron chi connectivity index (χ3n) is 4.35. The van der Waals surface area contributed by atoms with Crippen molar-refractivity contribution in [1.82, 2.24) is 15.0 Å².